The van der Waals surface area contributed by atoms with Gasteiger partial charge in [-0.05, 0) is 25.1 Å². The number of hydrogen-bond donors (Lipinski definition) is 1. The zero-order valence-electron chi connectivity index (χ0n) is 14.4. The minimum absolute atomic E-state index is 0.0162. The molecule has 0 amide bonds. The van der Waals surface area contributed by atoms with Gasteiger partial charge in [0, 0.05) is 17.3 Å². The summed E-state index contributed by atoms with van der Waals surface area (Å²) in [6, 6.07) is 11.1. The predicted octanol–water partition coefficient (Wildman–Crippen LogP) is 5.66. The summed E-state index contributed by atoms with van der Waals surface area (Å²) in [4.78, 5) is 14.9. The molecule has 3 rings (SSSR count). The second kappa shape index (κ2) is 7.85. The molecule has 3 aromatic rings. The fourth-order valence-electron chi connectivity index (χ4n) is 2.28. The Bertz CT molecular complexity index is 1030. The zero-order valence-corrected chi connectivity index (χ0v) is 15.2. The Morgan fingerprint density at radius 3 is 2.54 bits per heavy atom. The lowest BCUT2D eigenvalue weighted by Crippen LogP contribution is -2.06. The molecule has 0 radical (unpaired) electrons. The van der Waals surface area contributed by atoms with Gasteiger partial charge in [0.15, 0.2) is 11.6 Å². The lowest BCUT2D eigenvalue weighted by Gasteiger charge is -2.08. The molecular formula is C19H13ClF3N3O2. The average molecular weight is 408 g/mol. The van der Waals surface area contributed by atoms with Crippen molar-refractivity contribution in [3.8, 4) is 11.3 Å². The smallest absolute Gasteiger partial charge is 0.417 e. The summed E-state index contributed by atoms with van der Waals surface area (Å²) in [6.45, 7) is 1.49. The Balaban J connectivity index is 1.68. The number of halogens is 4. The molecule has 28 heavy (non-hydrogen) atoms. The summed E-state index contributed by atoms with van der Waals surface area (Å²) < 4.78 is 43.4. The number of carbonyl (C=O) groups excluding carboxylic acids is 1. The lowest BCUT2D eigenvalue weighted by molar-refractivity contribution is -0.137. The van der Waals surface area contributed by atoms with Gasteiger partial charge in [0.25, 0.3) is 0 Å². The minimum Gasteiger partial charge on any atom is -0.455 e. The molecule has 0 spiro atoms. The summed E-state index contributed by atoms with van der Waals surface area (Å²) in [5.74, 6) is 0.932. The van der Waals surface area contributed by atoms with Gasteiger partial charge < -0.3 is 4.42 Å². The molecular weight excluding hydrogens is 395 g/mol. The monoisotopic (exact) mass is 407 g/mol. The van der Waals surface area contributed by atoms with Gasteiger partial charge in [0.1, 0.15) is 11.5 Å². The average Bonchev–Trinajstić information content (AvgIpc) is 3.11. The van der Waals surface area contributed by atoms with Crippen molar-refractivity contribution in [2.45, 2.75) is 13.1 Å². The molecule has 2 heterocycles. The number of hydrazone groups is 1. The third-order valence-corrected chi connectivity index (χ3v) is 4.02. The number of anilines is 1. The van der Waals surface area contributed by atoms with E-state index in [1.54, 1.807) is 36.4 Å². The van der Waals surface area contributed by atoms with Gasteiger partial charge in [-0.1, -0.05) is 35.9 Å². The van der Waals surface area contributed by atoms with Crippen molar-refractivity contribution in [1.82, 2.24) is 4.98 Å². The normalized spacial score (nSPS) is 11.8. The fraction of sp³-hybridized carbons (Fsp3) is 0.105. The summed E-state index contributed by atoms with van der Waals surface area (Å²) in [6.07, 6.45) is -2.52. The van der Waals surface area contributed by atoms with Crippen LogP contribution < -0.4 is 5.43 Å². The standard InChI is InChI=1S/C19H13ClF3N3O2/c1-11(27)12-2-4-13(5-3-12)17-7-6-15(28-17)10-25-26-18-16(20)8-14(9-24-18)19(21,22)23/h2-10H,1H3,(H,24,26)/b25-10+. The van der Waals surface area contributed by atoms with E-state index in [0.29, 0.717) is 23.3 Å². The van der Waals surface area contributed by atoms with Gasteiger partial charge in [0.05, 0.1) is 16.8 Å². The molecule has 1 aromatic carbocycles. The summed E-state index contributed by atoms with van der Waals surface area (Å²) in [7, 11) is 0. The number of aromatic nitrogens is 1. The van der Waals surface area contributed by atoms with Crippen LogP contribution in [0.1, 0.15) is 28.6 Å². The van der Waals surface area contributed by atoms with E-state index < -0.39 is 11.7 Å². The number of nitrogens with zero attached hydrogens (tertiary/aromatic N) is 2. The highest BCUT2D eigenvalue weighted by atomic mass is 35.5. The number of furan rings is 1. The van der Waals surface area contributed by atoms with Crippen LogP contribution in [0.2, 0.25) is 5.02 Å². The molecule has 0 aliphatic rings. The molecule has 0 aliphatic carbocycles. The van der Waals surface area contributed by atoms with Crippen molar-refractivity contribution < 1.29 is 22.4 Å². The molecule has 0 fully saturated rings. The number of nitrogens with one attached hydrogen (secondary N) is 1. The first kappa shape index (κ1) is 19.6. The first-order valence-corrected chi connectivity index (χ1v) is 8.35. The predicted molar refractivity (Wildman–Crippen MR) is 99.6 cm³/mol. The van der Waals surface area contributed by atoms with Gasteiger partial charge in [0.2, 0.25) is 0 Å². The van der Waals surface area contributed by atoms with Crippen molar-refractivity contribution >= 4 is 29.4 Å². The van der Waals surface area contributed by atoms with E-state index in [2.05, 4.69) is 15.5 Å². The molecule has 1 N–H and O–H groups in total. The van der Waals surface area contributed by atoms with Crippen LogP contribution in [0.3, 0.4) is 0 Å². The summed E-state index contributed by atoms with van der Waals surface area (Å²) in [5, 5.41) is 3.66. The Morgan fingerprint density at radius 2 is 1.93 bits per heavy atom. The van der Waals surface area contributed by atoms with Crippen LogP contribution in [0, 0.1) is 0 Å². The Labute approximate surface area is 162 Å². The summed E-state index contributed by atoms with van der Waals surface area (Å²) in [5.41, 5.74) is 2.91. The van der Waals surface area contributed by atoms with Gasteiger partial charge in [-0.15, -0.1) is 0 Å². The van der Waals surface area contributed by atoms with Crippen LogP contribution in [0.4, 0.5) is 19.0 Å². The highest BCUT2D eigenvalue weighted by Crippen LogP contribution is 2.32. The fourth-order valence-corrected chi connectivity index (χ4v) is 2.49. The van der Waals surface area contributed by atoms with Crippen LogP contribution in [0.5, 0.6) is 0 Å². The highest BCUT2D eigenvalue weighted by molar-refractivity contribution is 6.32. The van der Waals surface area contributed by atoms with Crippen LogP contribution >= 0.6 is 11.6 Å². The van der Waals surface area contributed by atoms with E-state index in [0.717, 1.165) is 11.6 Å². The van der Waals surface area contributed by atoms with E-state index in [1.807, 2.05) is 0 Å². The molecule has 0 saturated heterocycles. The first-order valence-electron chi connectivity index (χ1n) is 7.97. The molecule has 0 bridgehead atoms. The Hall–Kier alpha value is -3.13. The SMILES string of the molecule is CC(=O)c1ccc(-c2ccc(/C=N/Nc3ncc(C(F)(F)F)cc3Cl)o2)cc1. The van der Waals surface area contributed by atoms with E-state index in [4.69, 9.17) is 16.0 Å². The Morgan fingerprint density at radius 1 is 1.21 bits per heavy atom. The Kier molecular flexibility index (Phi) is 5.51. The van der Waals surface area contributed by atoms with Crippen molar-refractivity contribution in [1.29, 1.82) is 0 Å². The lowest BCUT2D eigenvalue weighted by atomic mass is 10.1. The maximum atomic E-state index is 12.6. The number of hydrogen-bond acceptors (Lipinski definition) is 5. The molecule has 0 saturated carbocycles. The van der Waals surface area contributed by atoms with E-state index in [1.165, 1.54) is 13.1 Å². The van der Waals surface area contributed by atoms with E-state index >= 15 is 0 Å². The topological polar surface area (TPSA) is 67.5 Å². The van der Waals surface area contributed by atoms with E-state index in [9.17, 15) is 18.0 Å². The van der Waals surface area contributed by atoms with Crippen LogP contribution in [0.25, 0.3) is 11.3 Å². The van der Waals surface area contributed by atoms with Gasteiger partial charge in [-0.25, -0.2) is 4.98 Å². The van der Waals surface area contributed by atoms with Crippen LogP contribution in [0.15, 0.2) is 58.2 Å². The van der Waals surface area contributed by atoms with Crippen LogP contribution in [-0.4, -0.2) is 17.0 Å². The number of Topliss-reactive ketones (excluding diaryl/α,β-unsaturated/α-hetero) is 1. The third kappa shape index (κ3) is 4.58. The van der Waals surface area contributed by atoms with Crippen molar-refractivity contribution in [3.63, 3.8) is 0 Å². The maximum absolute atomic E-state index is 12.6. The summed E-state index contributed by atoms with van der Waals surface area (Å²) >= 11 is 5.79. The number of rotatable bonds is 5. The number of pyridine rings is 1. The van der Waals surface area contributed by atoms with E-state index in [-0.39, 0.29) is 16.6 Å². The van der Waals surface area contributed by atoms with Crippen molar-refractivity contribution in [3.05, 3.63) is 70.6 Å². The van der Waals surface area contributed by atoms with Crippen LogP contribution in [-0.2, 0) is 6.18 Å². The zero-order chi connectivity index (χ0) is 20.3. The van der Waals surface area contributed by atoms with Gasteiger partial charge in [-0.3, -0.25) is 10.2 Å². The maximum Gasteiger partial charge on any atom is 0.417 e. The highest BCUT2D eigenvalue weighted by Gasteiger charge is 2.31. The quantitative estimate of drug-likeness (QED) is 0.336. The number of ketones is 1. The molecule has 2 aromatic heterocycles. The third-order valence-electron chi connectivity index (χ3n) is 3.73. The molecule has 0 atom stereocenters. The first-order chi connectivity index (χ1) is 13.2. The molecule has 9 heteroatoms. The second-order valence-electron chi connectivity index (χ2n) is 5.76. The molecule has 0 unspecified atom stereocenters. The largest absolute Gasteiger partial charge is 0.455 e. The second-order valence-corrected chi connectivity index (χ2v) is 6.16. The molecule has 5 nitrogen and oxygen atoms in total. The van der Waals surface area contributed by atoms with Crippen molar-refractivity contribution in [2.24, 2.45) is 5.10 Å². The number of benzene rings is 1. The molecule has 0 aliphatic heterocycles. The molecule has 144 valence electrons. The number of alkyl halides is 3. The minimum atomic E-state index is -4.52. The van der Waals surface area contributed by atoms with Gasteiger partial charge in [-0.2, -0.15) is 18.3 Å². The van der Waals surface area contributed by atoms with Gasteiger partial charge >= 0.3 is 6.18 Å². The number of carbonyl (C=O) groups is 1. The van der Waals surface area contributed by atoms with Crippen molar-refractivity contribution in [2.75, 3.05) is 5.43 Å².